The molecule has 0 unspecified atom stereocenters. The fourth-order valence-electron chi connectivity index (χ4n) is 2.22. The van der Waals surface area contributed by atoms with Gasteiger partial charge < -0.3 is 10.5 Å². The van der Waals surface area contributed by atoms with Crippen LogP contribution in [-0.4, -0.2) is 12.6 Å². The van der Waals surface area contributed by atoms with Gasteiger partial charge in [-0.25, -0.2) is 8.78 Å². The molecule has 0 aliphatic heterocycles. The smallest absolute Gasteiger partial charge is 0.278 e. The molecule has 0 fully saturated rings. The van der Waals surface area contributed by atoms with Gasteiger partial charge in [-0.1, -0.05) is 6.07 Å². The topological polar surface area (TPSA) is 35.2 Å². The van der Waals surface area contributed by atoms with Crippen molar-refractivity contribution in [2.45, 2.75) is 45.6 Å². The summed E-state index contributed by atoms with van der Waals surface area (Å²) in [5.41, 5.74) is 6.14. The van der Waals surface area contributed by atoms with Crippen LogP contribution in [0.5, 0.6) is 5.75 Å². The number of halogens is 2. The van der Waals surface area contributed by atoms with Crippen molar-refractivity contribution in [3.05, 3.63) is 28.8 Å². The van der Waals surface area contributed by atoms with Gasteiger partial charge in [-0.05, 0) is 44.9 Å². The summed E-state index contributed by atoms with van der Waals surface area (Å²) in [6.07, 6.45) is -0.416. The van der Waals surface area contributed by atoms with E-state index < -0.39 is 17.9 Å². The number of nitrogens with two attached hydrogens (primary N) is 1. The molecule has 0 amide bonds. The minimum atomic E-state index is -3.00. The molecule has 0 aromatic heterocycles. The van der Waals surface area contributed by atoms with Gasteiger partial charge in [0, 0.05) is 12.0 Å². The molecule has 2 nitrogen and oxygen atoms in total. The number of ether oxygens (including phenoxy) is 1. The Morgan fingerprint density at radius 2 is 1.78 bits per heavy atom. The molecule has 0 atom stereocenters. The maximum atomic E-state index is 14.3. The van der Waals surface area contributed by atoms with E-state index in [0.717, 1.165) is 5.56 Å². The third-order valence-electron chi connectivity index (χ3n) is 2.71. The summed E-state index contributed by atoms with van der Waals surface area (Å²) in [5, 5.41) is 0. The first-order valence-electron chi connectivity index (χ1n) is 5.89. The van der Waals surface area contributed by atoms with Crippen LogP contribution in [0.3, 0.4) is 0 Å². The monoisotopic (exact) mass is 257 g/mol. The first-order chi connectivity index (χ1) is 8.07. The molecule has 102 valence electrons. The lowest BCUT2D eigenvalue weighted by Crippen LogP contribution is -2.38. The summed E-state index contributed by atoms with van der Waals surface area (Å²) in [6, 6.07) is 3.36. The Kier molecular flexibility index (Phi) is 4.01. The second kappa shape index (κ2) is 4.84. The summed E-state index contributed by atoms with van der Waals surface area (Å²) in [5.74, 6) is -2.77. The maximum Gasteiger partial charge on any atom is 0.278 e. The Morgan fingerprint density at radius 1 is 1.22 bits per heavy atom. The van der Waals surface area contributed by atoms with Crippen molar-refractivity contribution in [3.63, 3.8) is 0 Å². The summed E-state index contributed by atoms with van der Waals surface area (Å²) in [6.45, 7) is 6.71. The molecule has 4 heteroatoms. The van der Waals surface area contributed by atoms with Crippen molar-refractivity contribution in [2.24, 2.45) is 5.73 Å². The highest BCUT2D eigenvalue weighted by Gasteiger charge is 2.40. The van der Waals surface area contributed by atoms with Gasteiger partial charge in [-0.3, -0.25) is 0 Å². The van der Waals surface area contributed by atoms with Gasteiger partial charge in [0.05, 0.1) is 12.7 Å². The van der Waals surface area contributed by atoms with E-state index >= 15 is 0 Å². The molecule has 0 saturated heterocycles. The minimum absolute atomic E-state index is 0.0610. The van der Waals surface area contributed by atoms with E-state index in [-0.39, 0.29) is 11.3 Å². The normalized spacial score (nSPS) is 12.7. The molecule has 0 spiro atoms. The lowest BCUT2D eigenvalue weighted by molar-refractivity contribution is -0.0319. The first-order valence-corrected chi connectivity index (χ1v) is 5.89. The molecule has 0 aliphatic rings. The number of rotatable bonds is 4. The average Bonchev–Trinajstić information content (AvgIpc) is 2.11. The third kappa shape index (κ3) is 3.42. The van der Waals surface area contributed by atoms with E-state index in [9.17, 15) is 8.78 Å². The van der Waals surface area contributed by atoms with Crippen molar-refractivity contribution < 1.29 is 13.5 Å². The molecule has 1 aromatic carbocycles. The summed E-state index contributed by atoms with van der Waals surface area (Å²) >= 11 is 0. The highest BCUT2D eigenvalue weighted by atomic mass is 19.3. The number of hydrogen-bond donors (Lipinski definition) is 1. The van der Waals surface area contributed by atoms with Crippen molar-refractivity contribution in [2.75, 3.05) is 7.11 Å². The van der Waals surface area contributed by atoms with E-state index in [1.54, 1.807) is 32.9 Å². The molecule has 0 radical (unpaired) electrons. The van der Waals surface area contributed by atoms with Crippen molar-refractivity contribution >= 4 is 0 Å². The van der Waals surface area contributed by atoms with Crippen molar-refractivity contribution in [1.29, 1.82) is 0 Å². The Bertz CT molecular complexity index is 436. The van der Waals surface area contributed by atoms with Crippen LogP contribution in [0.1, 0.15) is 37.0 Å². The van der Waals surface area contributed by atoms with Crippen LogP contribution in [0.2, 0.25) is 0 Å². The van der Waals surface area contributed by atoms with Gasteiger partial charge in [0.15, 0.2) is 0 Å². The molecule has 0 saturated carbocycles. The molecule has 2 N–H and O–H groups in total. The molecule has 0 heterocycles. The quantitative estimate of drug-likeness (QED) is 0.895. The van der Waals surface area contributed by atoms with Crippen LogP contribution in [0, 0.1) is 13.8 Å². The summed E-state index contributed by atoms with van der Waals surface area (Å²) in [7, 11) is 1.40. The zero-order valence-corrected chi connectivity index (χ0v) is 11.6. The SMILES string of the molecule is COc1cc(C)cc(C)c1C(F)(F)CC(C)(C)N. The predicted molar refractivity (Wildman–Crippen MR) is 69.2 cm³/mol. The number of aryl methyl sites for hydroxylation is 2. The molecule has 1 rings (SSSR count). The number of alkyl halides is 2. The van der Waals surface area contributed by atoms with Gasteiger partial charge in [0.25, 0.3) is 5.92 Å². The van der Waals surface area contributed by atoms with E-state index in [0.29, 0.717) is 5.56 Å². The Morgan fingerprint density at radius 3 is 2.22 bits per heavy atom. The molecular weight excluding hydrogens is 236 g/mol. The lowest BCUT2D eigenvalue weighted by atomic mass is 9.89. The van der Waals surface area contributed by atoms with Gasteiger partial charge >= 0.3 is 0 Å². The van der Waals surface area contributed by atoms with Crippen LogP contribution < -0.4 is 10.5 Å². The van der Waals surface area contributed by atoms with Gasteiger partial charge in [-0.2, -0.15) is 0 Å². The van der Waals surface area contributed by atoms with Crippen LogP contribution in [0.15, 0.2) is 12.1 Å². The second-order valence-electron chi connectivity index (χ2n) is 5.53. The molecule has 18 heavy (non-hydrogen) atoms. The molecular formula is C14H21F2NO. The van der Waals surface area contributed by atoms with Gasteiger partial charge in [0.1, 0.15) is 5.75 Å². The number of benzene rings is 1. The third-order valence-corrected chi connectivity index (χ3v) is 2.71. The van der Waals surface area contributed by atoms with Crippen molar-refractivity contribution in [3.8, 4) is 5.75 Å². The largest absolute Gasteiger partial charge is 0.496 e. The molecule has 1 aromatic rings. The maximum absolute atomic E-state index is 14.3. The zero-order valence-electron chi connectivity index (χ0n) is 11.6. The standard InChI is InChI=1S/C14H21F2NO/c1-9-6-10(2)12(11(7-9)18-5)14(15,16)8-13(3,4)17/h6-7H,8,17H2,1-5H3. The first kappa shape index (κ1) is 14.9. The fourth-order valence-corrected chi connectivity index (χ4v) is 2.22. The van der Waals surface area contributed by atoms with E-state index in [1.165, 1.54) is 7.11 Å². The Hall–Kier alpha value is -1.16. The van der Waals surface area contributed by atoms with E-state index in [2.05, 4.69) is 0 Å². The predicted octanol–water partition coefficient (Wildman–Crippen LogP) is 3.53. The van der Waals surface area contributed by atoms with Gasteiger partial charge in [-0.15, -0.1) is 0 Å². The number of methoxy groups -OCH3 is 1. The number of hydrogen-bond acceptors (Lipinski definition) is 2. The van der Waals surface area contributed by atoms with E-state index in [4.69, 9.17) is 10.5 Å². The van der Waals surface area contributed by atoms with Crippen LogP contribution in [0.25, 0.3) is 0 Å². The summed E-state index contributed by atoms with van der Waals surface area (Å²) < 4.78 is 33.8. The molecule has 0 bridgehead atoms. The van der Waals surface area contributed by atoms with Crippen LogP contribution in [-0.2, 0) is 5.92 Å². The second-order valence-corrected chi connectivity index (χ2v) is 5.53. The zero-order chi connectivity index (χ0) is 14.1. The highest BCUT2D eigenvalue weighted by molar-refractivity contribution is 5.45. The van der Waals surface area contributed by atoms with Crippen molar-refractivity contribution in [1.82, 2.24) is 0 Å². The summed E-state index contributed by atoms with van der Waals surface area (Å²) in [4.78, 5) is 0. The fraction of sp³-hybridized carbons (Fsp3) is 0.571. The average molecular weight is 257 g/mol. The lowest BCUT2D eigenvalue weighted by Gasteiger charge is -2.28. The van der Waals surface area contributed by atoms with Crippen LogP contribution in [0.4, 0.5) is 8.78 Å². The minimum Gasteiger partial charge on any atom is -0.496 e. The van der Waals surface area contributed by atoms with Crippen LogP contribution >= 0.6 is 0 Å². The Balaban J connectivity index is 3.31. The highest BCUT2D eigenvalue weighted by Crippen LogP contribution is 2.42. The Labute approximate surface area is 107 Å². The molecule has 0 aliphatic carbocycles. The van der Waals surface area contributed by atoms with E-state index in [1.807, 2.05) is 6.92 Å². The van der Waals surface area contributed by atoms with Gasteiger partial charge in [0.2, 0.25) is 0 Å².